The van der Waals surface area contributed by atoms with Crippen molar-refractivity contribution in [3.63, 3.8) is 0 Å². The summed E-state index contributed by atoms with van der Waals surface area (Å²) in [5.41, 5.74) is 3.74. The van der Waals surface area contributed by atoms with Crippen LogP contribution in [0.25, 0.3) is 0 Å². The number of nitrogens with zero attached hydrogens (tertiary/aromatic N) is 2. The molecular formula is C21H24FN3O. The van der Waals surface area contributed by atoms with E-state index >= 15 is 0 Å². The molecular weight excluding hydrogens is 329 g/mol. The quantitative estimate of drug-likeness (QED) is 0.921. The highest BCUT2D eigenvalue weighted by Crippen LogP contribution is 2.27. The molecule has 2 aliphatic rings. The molecule has 0 saturated carbocycles. The van der Waals surface area contributed by atoms with Crippen molar-refractivity contribution in [1.82, 2.24) is 15.1 Å². The van der Waals surface area contributed by atoms with E-state index in [1.165, 1.54) is 17.7 Å². The zero-order valence-electron chi connectivity index (χ0n) is 15.0. The second kappa shape index (κ2) is 7.17. The first-order valence-electron chi connectivity index (χ1n) is 9.17. The summed E-state index contributed by atoms with van der Waals surface area (Å²) in [6.45, 7) is 5.40. The Morgan fingerprint density at radius 3 is 2.54 bits per heavy atom. The Kier molecular flexibility index (Phi) is 4.74. The van der Waals surface area contributed by atoms with E-state index in [2.05, 4.69) is 46.4 Å². The van der Waals surface area contributed by atoms with Crippen LogP contribution in [-0.2, 0) is 13.0 Å². The van der Waals surface area contributed by atoms with E-state index in [1.807, 2.05) is 0 Å². The largest absolute Gasteiger partial charge is 0.345 e. The van der Waals surface area contributed by atoms with Crippen molar-refractivity contribution in [3.8, 4) is 0 Å². The van der Waals surface area contributed by atoms with Crippen LogP contribution in [-0.4, -0.2) is 48.9 Å². The van der Waals surface area contributed by atoms with Gasteiger partial charge < -0.3 is 10.2 Å². The fourth-order valence-electron chi connectivity index (χ4n) is 3.77. The number of nitrogens with one attached hydrogen (secondary N) is 1. The number of piperazine rings is 1. The minimum atomic E-state index is -0.370. The van der Waals surface area contributed by atoms with Crippen LogP contribution in [0.4, 0.5) is 4.39 Å². The summed E-state index contributed by atoms with van der Waals surface area (Å²) >= 11 is 0. The number of benzene rings is 2. The maximum absolute atomic E-state index is 13.4. The van der Waals surface area contributed by atoms with E-state index in [-0.39, 0.29) is 17.8 Å². The highest BCUT2D eigenvalue weighted by Gasteiger charge is 2.25. The second-order valence-corrected chi connectivity index (χ2v) is 7.35. The van der Waals surface area contributed by atoms with Crippen molar-refractivity contribution in [3.05, 3.63) is 70.5 Å². The average Bonchev–Trinajstić information content (AvgIpc) is 2.65. The molecule has 2 aliphatic heterocycles. The Bertz CT molecular complexity index is 797. The van der Waals surface area contributed by atoms with E-state index in [4.69, 9.17) is 0 Å². The third kappa shape index (κ3) is 3.64. The summed E-state index contributed by atoms with van der Waals surface area (Å²) in [5, 5.41) is 3.00. The number of hydrogen-bond donors (Lipinski definition) is 1. The molecule has 4 nitrogen and oxygen atoms in total. The van der Waals surface area contributed by atoms with Crippen LogP contribution in [0, 0.1) is 5.82 Å². The standard InChI is InChI=1S/C21H24FN3O/c1-24-8-10-25(11-9-24)14-15-2-4-16(5-3-15)20-12-17-6-7-18(22)13-19(17)21(26)23-20/h2-7,13,20H,8-12,14H2,1H3,(H,23,26). The lowest BCUT2D eigenvalue weighted by Crippen LogP contribution is -2.43. The van der Waals surface area contributed by atoms with Crippen LogP contribution in [0.15, 0.2) is 42.5 Å². The van der Waals surface area contributed by atoms with Gasteiger partial charge in [-0.25, -0.2) is 4.39 Å². The molecule has 2 heterocycles. The van der Waals surface area contributed by atoms with Gasteiger partial charge in [-0.05, 0) is 42.3 Å². The van der Waals surface area contributed by atoms with E-state index < -0.39 is 0 Å². The molecule has 1 unspecified atom stereocenters. The van der Waals surface area contributed by atoms with E-state index in [1.54, 1.807) is 6.07 Å². The van der Waals surface area contributed by atoms with Crippen LogP contribution < -0.4 is 5.32 Å². The number of carbonyl (C=O) groups excluding carboxylic acids is 1. The minimum Gasteiger partial charge on any atom is -0.345 e. The summed E-state index contributed by atoms with van der Waals surface area (Å²) in [5.74, 6) is -0.567. The molecule has 5 heteroatoms. The Morgan fingerprint density at radius 2 is 1.81 bits per heavy atom. The fourth-order valence-corrected chi connectivity index (χ4v) is 3.77. The maximum atomic E-state index is 13.4. The first-order chi connectivity index (χ1) is 12.6. The van der Waals surface area contributed by atoms with Gasteiger partial charge in [0.1, 0.15) is 5.82 Å². The van der Waals surface area contributed by atoms with Gasteiger partial charge in [-0.3, -0.25) is 9.69 Å². The van der Waals surface area contributed by atoms with Gasteiger partial charge in [0.25, 0.3) is 5.91 Å². The lowest BCUT2D eigenvalue weighted by Gasteiger charge is -2.32. The van der Waals surface area contributed by atoms with Crippen LogP contribution in [0.5, 0.6) is 0 Å². The highest BCUT2D eigenvalue weighted by atomic mass is 19.1. The average molecular weight is 353 g/mol. The SMILES string of the molecule is CN1CCN(Cc2ccc(C3Cc4ccc(F)cc4C(=O)N3)cc2)CC1. The topological polar surface area (TPSA) is 35.6 Å². The maximum Gasteiger partial charge on any atom is 0.252 e. The van der Waals surface area contributed by atoms with Crippen molar-refractivity contribution < 1.29 is 9.18 Å². The summed E-state index contributed by atoms with van der Waals surface area (Å²) in [6.07, 6.45) is 0.694. The van der Waals surface area contributed by atoms with Gasteiger partial charge in [0.15, 0.2) is 0 Å². The van der Waals surface area contributed by atoms with E-state index in [0.717, 1.165) is 43.9 Å². The summed E-state index contributed by atoms with van der Waals surface area (Å²) in [6, 6.07) is 12.9. The molecule has 2 aromatic carbocycles. The first-order valence-corrected chi connectivity index (χ1v) is 9.17. The number of fused-ring (bicyclic) bond motifs is 1. The molecule has 26 heavy (non-hydrogen) atoms. The third-order valence-electron chi connectivity index (χ3n) is 5.43. The number of likely N-dealkylation sites (N-methyl/N-ethyl adjacent to an activating group) is 1. The van der Waals surface area contributed by atoms with Crippen LogP contribution in [0.1, 0.15) is 33.1 Å². The lowest BCUT2D eigenvalue weighted by atomic mass is 9.91. The van der Waals surface area contributed by atoms with Crippen LogP contribution >= 0.6 is 0 Å². The number of rotatable bonds is 3. The van der Waals surface area contributed by atoms with Gasteiger partial charge >= 0.3 is 0 Å². The van der Waals surface area contributed by atoms with Crippen molar-refractivity contribution in [2.45, 2.75) is 19.0 Å². The molecule has 4 rings (SSSR count). The molecule has 0 aliphatic carbocycles. The Labute approximate surface area is 153 Å². The van der Waals surface area contributed by atoms with Crippen molar-refractivity contribution in [1.29, 1.82) is 0 Å². The molecule has 0 aromatic heterocycles. The first kappa shape index (κ1) is 17.2. The minimum absolute atomic E-state index is 0.0573. The smallest absolute Gasteiger partial charge is 0.252 e. The Hall–Kier alpha value is -2.24. The predicted molar refractivity (Wildman–Crippen MR) is 99.5 cm³/mol. The highest BCUT2D eigenvalue weighted by molar-refractivity contribution is 5.97. The van der Waals surface area contributed by atoms with Gasteiger partial charge in [-0.15, -0.1) is 0 Å². The zero-order chi connectivity index (χ0) is 18.1. The van der Waals surface area contributed by atoms with Crippen molar-refractivity contribution >= 4 is 5.91 Å². The van der Waals surface area contributed by atoms with Gasteiger partial charge in [0.2, 0.25) is 0 Å². The monoisotopic (exact) mass is 353 g/mol. The van der Waals surface area contributed by atoms with Gasteiger partial charge in [0, 0.05) is 38.3 Å². The van der Waals surface area contributed by atoms with Gasteiger partial charge in [0.05, 0.1) is 6.04 Å². The number of carbonyl (C=O) groups is 1. The molecule has 2 aromatic rings. The van der Waals surface area contributed by atoms with Gasteiger partial charge in [-0.1, -0.05) is 30.3 Å². The Balaban J connectivity index is 1.44. The third-order valence-corrected chi connectivity index (χ3v) is 5.43. The number of amides is 1. The molecule has 1 N–H and O–H groups in total. The second-order valence-electron chi connectivity index (χ2n) is 7.35. The fraction of sp³-hybridized carbons (Fsp3) is 0.381. The van der Waals surface area contributed by atoms with E-state index in [0.29, 0.717) is 12.0 Å². The van der Waals surface area contributed by atoms with Crippen molar-refractivity contribution in [2.75, 3.05) is 33.2 Å². The summed E-state index contributed by atoms with van der Waals surface area (Å²) in [7, 11) is 2.16. The number of halogens is 1. The summed E-state index contributed by atoms with van der Waals surface area (Å²) in [4.78, 5) is 17.1. The summed E-state index contributed by atoms with van der Waals surface area (Å²) < 4.78 is 13.4. The molecule has 1 amide bonds. The molecule has 1 fully saturated rings. The van der Waals surface area contributed by atoms with Crippen LogP contribution in [0.3, 0.4) is 0 Å². The number of hydrogen-bond acceptors (Lipinski definition) is 3. The normalized spacial score (nSPS) is 21.3. The Morgan fingerprint density at radius 1 is 1.08 bits per heavy atom. The van der Waals surface area contributed by atoms with E-state index in [9.17, 15) is 9.18 Å². The lowest BCUT2D eigenvalue weighted by molar-refractivity contribution is 0.0924. The zero-order valence-corrected chi connectivity index (χ0v) is 15.0. The van der Waals surface area contributed by atoms with Crippen LogP contribution in [0.2, 0.25) is 0 Å². The molecule has 1 atom stereocenters. The molecule has 0 bridgehead atoms. The van der Waals surface area contributed by atoms with Gasteiger partial charge in [-0.2, -0.15) is 0 Å². The molecule has 136 valence electrons. The predicted octanol–water partition coefficient (Wildman–Crippen LogP) is 2.60. The molecule has 0 radical (unpaired) electrons. The molecule has 1 saturated heterocycles. The van der Waals surface area contributed by atoms with Crippen molar-refractivity contribution in [2.24, 2.45) is 0 Å². The molecule has 0 spiro atoms.